The molecule has 2 aromatic heterocycles. The number of hydrogen-bond acceptors (Lipinski definition) is 6. The van der Waals surface area contributed by atoms with Crippen LogP contribution >= 0.6 is 11.3 Å². The van der Waals surface area contributed by atoms with Crippen LogP contribution < -0.4 is 10.0 Å². The molecule has 0 bridgehead atoms. The summed E-state index contributed by atoms with van der Waals surface area (Å²) < 4.78 is 43.1. The Morgan fingerprint density at radius 3 is 2.82 bits per heavy atom. The van der Waals surface area contributed by atoms with Crippen LogP contribution in [0.4, 0.5) is 9.52 Å². The highest BCUT2D eigenvalue weighted by molar-refractivity contribution is 7.89. The summed E-state index contributed by atoms with van der Waals surface area (Å²) in [5.74, 6) is 0.0608. The first-order chi connectivity index (χ1) is 10.3. The first kappa shape index (κ1) is 16.6. The fraction of sp³-hybridized carbons (Fsp3) is 0.333. The molecule has 0 fully saturated rings. The van der Waals surface area contributed by atoms with Gasteiger partial charge >= 0.3 is 0 Å². The number of thiazole rings is 1. The lowest BCUT2D eigenvalue weighted by atomic mass is 10.3. The lowest BCUT2D eigenvalue weighted by Gasteiger charge is -2.00. The summed E-state index contributed by atoms with van der Waals surface area (Å²) in [6, 6.07) is 2.77. The third kappa shape index (κ3) is 3.70. The summed E-state index contributed by atoms with van der Waals surface area (Å²) in [5.41, 5.74) is 0.601. The Morgan fingerprint density at radius 2 is 2.18 bits per heavy atom. The van der Waals surface area contributed by atoms with Crippen molar-refractivity contribution in [3.63, 3.8) is 0 Å². The number of nitrogens with one attached hydrogen (secondary N) is 2. The number of carbonyl (C=O) groups is 1. The second kappa shape index (κ2) is 6.55. The third-order valence-corrected chi connectivity index (χ3v) is 4.96. The molecule has 0 aliphatic carbocycles. The highest BCUT2D eigenvalue weighted by Gasteiger charge is 2.21. The summed E-state index contributed by atoms with van der Waals surface area (Å²) in [6.45, 7) is 1.96. The van der Waals surface area contributed by atoms with E-state index in [-0.39, 0.29) is 17.5 Å². The minimum atomic E-state index is -3.88. The maximum absolute atomic E-state index is 12.1. The standard InChI is InChI=1S/C12H14FN3O4S2/c1-7-11(21-12(15-7)16-8(2)17)9-3-4-10(20-9)22(18,19)14-6-5-13/h3-4,14H,5-6H2,1-2H3,(H,15,16,17). The Balaban J connectivity index is 2.28. The van der Waals surface area contributed by atoms with Crippen LogP contribution in [0.2, 0.25) is 0 Å². The normalized spacial score (nSPS) is 11.6. The fourth-order valence-corrected chi connectivity index (χ4v) is 3.57. The van der Waals surface area contributed by atoms with E-state index >= 15 is 0 Å². The van der Waals surface area contributed by atoms with Gasteiger partial charge in [-0.25, -0.2) is 22.5 Å². The maximum atomic E-state index is 12.1. The maximum Gasteiger partial charge on any atom is 0.274 e. The van der Waals surface area contributed by atoms with Crippen molar-refractivity contribution >= 4 is 32.4 Å². The molecule has 2 N–H and O–H groups in total. The molecule has 0 aliphatic heterocycles. The van der Waals surface area contributed by atoms with E-state index in [1.54, 1.807) is 6.92 Å². The van der Waals surface area contributed by atoms with Crippen LogP contribution in [0.5, 0.6) is 0 Å². The molecular formula is C12H14FN3O4S2. The van der Waals surface area contributed by atoms with Crippen LogP contribution in [0, 0.1) is 6.92 Å². The van der Waals surface area contributed by atoms with E-state index < -0.39 is 16.7 Å². The number of hydrogen-bond donors (Lipinski definition) is 2. The third-order valence-electron chi connectivity index (χ3n) is 2.54. The SMILES string of the molecule is CC(=O)Nc1nc(C)c(-c2ccc(S(=O)(=O)NCCF)o2)s1. The lowest BCUT2D eigenvalue weighted by molar-refractivity contribution is -0.114. The van der Waals surface area contributed by atoms with Gasteiger partial charge in [0.2, 0.25) is 11.0 Å². The van der Waals surface area contributed by atoms with E-state index in [0.29, 0.717) is 21.5 Å². The molecule has 10 heteroatoms. The van der Waals surface area contributed by atoms with Gasteiger partial charge < -0.3 is 9.73 Å². The van der Waals surface area contributed by atoms with Gasteiger partial charge in [0.05, 0.1) is 10.6 Å². The zero-order valence-electron chi connectivity index (χ0n) is 11.8. The number of amides is 1. The highest BCUT2D eigenvalue weighted by atomic mass is 32.2. The molecular weight excluding hydrogens is 333 g/mol. The number of carbonyl (C=O) groups excluding carboxylic acids is 1. The average Bonchev–Trinajstić information content (AvgIpc) is 3.03. The number of sulfonamides is 1. The van der Waals surface area contributed by atoms with Crippen molar-refractivity contribution in [3.05, 3.63) is 17.8 Å². The van der Waals surface area contributed by atoms with E-state index in [0.717, 1.165) is 0 Å². The largest absolute Gasteiger partial charge is 0.442 e. The predicted octanol–water partition coefficient (Wildman–Crippen LogP) is 1.92. The molecule has 0 aromatic carbocycles. The van der Waals surface area contributed by atoms with E-state index in [1.807, 2.05) is 0 Å². The van der Waals surface area contributed by atoms with Gasteiger partial charge in [0.15, 0.2) is 5.13 Å². The van der Waals surface area contributed by atoms with Crippen LogP contribution in [0.3, 0.4) is 0 Å². The average molecular weight is 347 g/mol. The Labute approximate surface area is 130 Å². The summed E-state index contributed by atoms with van der Waals surface area (Å²) in [4.78, 5) is 15.8. The Bertz CT molecular complexity index is 782. The number of nitrogens with zero attached hydrogens (tertiary/aromatic N) is 1. The summed E-state index contributed by atoms with van der Waals surface area (Å²) in [7, 11) is -3.88. The van der Waals surface area contributed by atoms with E-state index in [4.69, 9.17) is 4.42 Å². The van der Waals surface area contributed by atoms with Crippen LogP contribution in [0.15, 0.2) is 21.6 Å². The molecule has 0 spiro atoms. The predicted molar refractivity (Wildman–Crippen MR) is 80.0 cm³/mol. The molecule has 1 amide bonds. The van der Waals surface area contributed by atoms with Gasteiger partial charge in [-0.05, 0) is 19.1 Å². The number of rotatable bonds is 6. The van der Waals surface area contributed by atoms with E-state index in [1.165, 1.54) is 30.4 Å². The monoisotopic (exact) mass is 347 g/mol. The molecule has 0 radical (unpaired) electrons. The van der Waals surface area contributed by atoms with Gasteiger partial charge in [0.1, 0.15) is 12.4 Å². The van der Waals surface area contributed by atoms with Gasteiger partial charge in [0, 0.05) is 13.5 Å². The van der Waals surface area contributed by atoms with Crippen LogP contribution in [-0.4, -0.2) is 32.5 Å². The Kier molecular flexibility index (Phi) is 4.94. The molecule has 0 unspecified atom stereocenters. The number of anilines is 1. The van der Waals surface area contributed by atoms with Crippen molar-refractivity contribution < 1.29 is 22.0 Å². The lowest BCUT2D eigenvalue weighted by Crippen LogP contribution is -2.25. The van der Waals surface area contributed by atoms with Gasteiger partial charge in [0.25, 0.3) is 10.0 Å². The zero-order chi connectivity index (χ0) is 16.3. The molecule has 22 heavy (non-hydrogen) atoms. The van der Waals surface area contributed by atoms with Gasteiger partial charge in [-0.3, -0.25) is 4.79 Å². The van der Waals surface area contributed by atoms with Crippen molar-refractivity contribution in [2.45, 2.75) is 18.9 Å². The Hall–Kier alpha value is -1.78. The molecule has 2 rings (SSSR count). The molecule has 0 saturated heterocycles. The molecule has 0 saturated carbocycles. The number of halogens is 1. The van der Waals surface area contributed by atoms with Crippen LogP contribution in [0.25, 0.3) is 10.6 Å². The number of furan rings is 1. The molecule has 2 heterocycles. The van der Waals surface area contributed by atoms with Crippen LogP contribution in [-0.2, 0) is 14.8 Å². The van der Waals surface area contributed by atoms with Crippen molar-refractivity contribution in [1.82, 2.24) is 9.71 Å². The summed E-state index contributed by atoms with van der Waals surface area (Å²) in [6.07, 6.45) is 0. The van der Waals surface area contributed by atoms with Crippen molar-refractivity contribution in [3.8, 4) is 10.6 Å². The second-order valence-corrected chi connectivity index (χ2v) is 7.02. The molecule has 0 aliphatic rings. The topological polar surface area (TPSA) is 101 Å². The minimum Gasteiger partial charge on any atom is -0.442 e. The zero-order valence-corrected chi connectivity index (χ0v) is 13.5. The molecule has 0 atom stereocenters. The van der Waals surface area contributed by atoms with Crippen molar-refractivity contribution in [2.24, 2.45) is 0 Å². The quantitative estimate of drug-likeness (QED) is 0.831. The number of alkyl halides is 1. The highest BCUT2D eigenvalue weighted by Crippen LogP contribution is 2.34. The van der Waals surface area contributed by atoms with Gasteiger partial charge in [-0.15, -0.1) is 0 Å². The van der Waals surface area contributed by atoms with Gasteiger partial charge in [-0.2, -0.15) is 0 Å². The fourth-order valence-electron chi connectivity index (χ4n) is 1.66. The smallest absolute Gasteiger partial charge is 0.274 e. The second-order valence-electron chi connectivity index (χ2n) is 4.32. The summed E-state index contributed by atoms with van der Waals surface area (Å²) in [5, 5.41) is 2.65. The molecule has 7 nitrogen and oxygen atoms in total. The number of aryl methyl sites for hydroxylation is 1. The first-order valence-electron chi connectivity index (χ1n) is 6.24. The van der Waals surface area contributed by atoms with Gasteiger partial charge in [-0.1, -0.05) is 11.3 Å². The van der Waals surface area contributed by atoms with Crippen molar-refractivity contribution in [2.75, 3.05) is 18.5 Å². The molecule has 2 aromatic rings. The first-order valence-corrected chi connectivity index (χ1v) is 8.54. The van der Waals surface area contributed by atoms with Crippen molar-refractivity contribution in [1.29, 1.82) is 0 Å². The van der Waals surface area contributed by atoms with E-state index in [2.05, 4.69) is 15.0 Å². The number of aromatic nitrogens is 1. The van der Waals surface area contributed by atoms with Crippen LogP contribution in [0.1, 0.15) is 12.6 Å². The Morgan fingerprint density at radius 1 is 1.45 bits per heavy atom. The summed E-state index contributed by atoms with van der Waals surface area (Å²) >= 11 is 1.17. The minimum absolute atomic E-state index is 0.251. The van der Waals surface area contributed by atoms with E-state index in [9.17, 15) is 17.6 Å². The molecule has 120 valence electrons.